The zero-order valence-corrected chi connectivity index (χ0v) is 10.6. The Labute approximate surface area is 103 Å². The third-order valence-corrected chi connectivity index (χ3v) is 3.90. The van der Waals surface area contributed by atoms with Crippen LogP contribution in [0, 0.1) is 0 Å². The number of fused-ring (bicyclic) bond motifs is 1. The van der Waals surface area contributed by atoms with Gasteiger partial charge in [0.2, 0.25) is 0 Å². The van der Waals surface area contributed by atoms with Crippen molar-refractivity contribution in [1.29, 1.82) is 0 Å². The highest BCUT2D eigenvalue weighted by molar-refractivity contribution is 9.10. The van der Waals surface area contributed by atoms with Crippen LogP contribution in [0.4, 0.5) is 0 Å². The van der Waals surface area contributed by atoms with Gasteiger partial charge in [-0.3, -0.25) is 4.40 Å². The number of nitrogens with two attached hydrogens (primary N) is 1. The van der Waals surface area contributed by atoms with Gasteiger partial charge in [-0.05, 0) is 53.7 Å². The summed E-state index contributed by atoms with van der Waals surface area (Å²) in [7, 11) is 0. The van der Waals surface area contributed by atoms with E-state index in [2.05, 4.69) is 37.4 Å². The average molecular weight is 280 g/mol. The van der Waals surface area contributed by atoms with E-state index < -0.39 is 0 Å². The number of aromatic nitrogens is 2. The minimum Gasteiger partial charge on any atom is -0.325 e. The normalized spacial score (nSPS) is 17.9. The molecule has 1 aliphatic rings. The molecule has 0 spiro atoms. The number of rotatable bonds is 3. The van der Waals surface area contributed by atoms with Crippen molar-refractivity contribution < 1.29 is 0 Å². The molecule has 2 heterocycles. The molecule has 2 N–H and O–H groups in total. The molecule has 4 heteroatoms. The van der Waals surface area contributed by atoms with Gasteiger partial charge < -0.3 is 5.73 Å². The number of pyridine rings is 1. The number of nitrogens with zero attached hydrogens (tertiary/aromatic N) is 2. The summed E-state index contributed by atoms with van der Waals surface area (Å²) in [5.41, 5.74) is 8.50. The molecule has 1 aliphatic carbocycles. The second kappa shape index (κ2) is 3.57. The molecule has 1 fully saturated rings. The first-order valence-corrected chi connectivity index (χ1v) is 6.37. The summed E-state index contributed by atoms with van der Waals surface area (Å²) in [5, 5.41) is 0. The van der Waals surface area contributed by atoms with Crippen LogP contribution in [0.2, 0.25) is 0 Å². The van der Waals surface area contributed by atoms with Crippen LogP contribution in [-0.4, -0.2) is 14.9 Å². The Balaban J connectivity index is 1.93. The SMILES string of the molecule is NC1(CCc2cccc3ncc(Br)n23)CC1. The molecule has 0 atom stereocenters. The Bertz CT molecular complexity index is 528. The molecule has 2 aromatic heterocycles. The first-order chi connectivity index (χ1) is 7.68. The van der Waals surface area contributed by atoms with E-state index in [0.717, 1.165) is 23.1 Å². The van der Waals surface area contributed by atoms with E-state index in [1.54, 1.807) is 0 Å². The number of aryl methyl sites for hydroxylation is 1. The van der Waals surface area contributed by atoms with Crippen molar-refractivity contribution >= 4 is 21.6 Å². The van der Waals surface area contributed by atoms with Gasteiger partial charge in [0.1, 0.15) is 10.3 Å². The lowest BCUT2D eigenvalue weighted by atomic mass is 10.1. The molecule has 0 unspecified atom stereocenters. The van der Waals surface area contributed by atoms with Crippen molar-refractivity contribution in [3.05, 3.63) is 34.7 Å². The number of imidazole rings is 1. The molecule has 16 heavy (non-hydrogen) atoms. The maximum Gasteiger partial charge on any atom is 0.137 e. The van der Waals surface area contributed by atoms with Gasteiger partial charge in [-0.2, -0.15) is 0 Å². The van der Waals surface area contributed by atoms with E-state index in [1.165, 1.54) is 18.5 Å². The molecule has 0 bridgehead atoms. The molecular weight excluding hydrogens is 266 g/mol. The minimum atomic E-state index is 0.120. The molecule has 0 aliphatic heterocycles. The van der Waals surface area contributed by atoms with Crippen LogP contribution in [-0.2, 0) is 6.42 Å². The third kappa shape index (κ3) is 1.76. The second-order valence-corrected chi connectivity index (χ2v) is 5.47. The molecule has 3 nitrogen and oxygen atoms in total. The van der Waals surface area contributed by atoms with Crippen LogP contribution in [0.5, 0.6) is 0 Å². The number of hydrogen-bond acceptors (Lipinski definition) is 2. The molecule has 2 aromatic rings. The van der Waals surface area contributed by atoms with Gasteiger partial charge in [-0.25, -0.2) is 4.98 Å². The predicted octanol–water partition coefficient (Wildman–Crippen LogP) is 2.52. The third-order valence-electron chi connectivity index (χ3n) is 3.34. The van der Waals surface area contributed by atoms with Gasteiger partial charge in [-0.15, -0.1) is 0 Å². The van der Waals surface area contributed by atoms with Crippen LogP contribution in [0.25, 0.3) is 5.65 Å². The number of hydrogen-bond donors (Lipinski definition) is 1. The lowest BCUT2D eigenvalue weighted by Crippen LogP contribution is -2.22. The predicted molar refractivity (Wildman–Crippen MR) is 67.4 cm³/mol. The molecule has 3 rings (SSSR count). The topological polar surface area (TPSA) is 43.3 Å². The highest BCUT2D eigenvalue weighted by Gasteiger charge is 2.37. The van der Waals surface area contributed by atoms with Crippen molar-refractivity contribution in [1.82, 2.24) is 9.38 Å². The molecule has 84 valence electrons. The summed E-state index contributed by atoms with van der Waals surface area (Å²) in [6.45, 7) is 0. The Morgan fingerprint density at radius 3 is 3.00 bits per heavy atom. The highest BCUT2D eigenvalue weighted by Crippen LogP contribution is 2.36. The Kier molecular flexibility index (Phi) is 2.30. The van der Waals surface area contributed by atoms with Crippen LogP contribution in [0.1, 0.15) is 25.0 Å². The van der Waals surface area contributed by atoms with Crippen LogP contribution < -0.4 is 5.73 Å². The monoisotopic (exact) mass is 279 g/mol. The van der Waals surface area contributed by atoms with Gasteiger partial charge in [0, 0.05) is 11.2 Å². The maximum atomic E-state index is 6.12. The van der Waals surface area contributed by atoms with Crippen LogP contribution in [0.3, 0.4) is 0 Å². The fourth-order valence-electron chi connectivity index (χ4n) is 2.05. The van der Waals surface area contributed by atoms with Gasteiger partial charge in [0.15, 0.2) is 0 Å². The summed E-state index contributed by atoms with van der Waals surface area (Å²) < 4.78 is 3.16. The lowest BCUT2D eigenvalue weighted by molar-refractivity contribution is 0.600. The van der Waals surface area contributed by atoms with Crippen molar-refractivity contribution in [3.8, 4) is 0 Å². The van der Waals surface area contributed by atoms with E-state index in [1.807, 2.05) is 12.3 Å². The smallest absolute Gasteiger partial charge is 0.137 e. The summed E-state index contributed by atoms with van der Waals surface area (Å²) in [4.78, 5) is 4.32. The molecule has 0 saturated heterocycles. The van der Waals surface area contributed by atoms with E-state index >= 15 is 0 Å². The van der Waals surface area contributed by atoms with E-state index in [-0.39, 0.29) is 5.54 Å². The highest BCUT2D eigenvalue weighted by atomic mass is 79.9. The fourth-order valence-corrected chi connectivity index (χ4v) is 2.56. The molecule has 1 saturated carbocycles. The van der Waals surface area contributed by atoms with Gasteiger partial charge in [0.05, 0.1) is 6.20 Å². The molecule has 0 amide bonds. The number of halogens is 1. The zero-order valence-electron chi connectivity index (χ0n) is 8.99. The molecule has 0 aromatic carbocycles. The van der Waals surface area contributed by atoms with Crippen LogP contribution in [0.15, 0.2) is 29.0 Å². The van der Waals surface area contributed by atoms with Crippen molar-refractivity contribution in [2.24, 2.45) is 5.73 Å². The summed E-state index contributed by atoms with van der Waals surface area (Å²) in [6, 6.07) is 6.22. The summed E-state index contributed by atoms with van der Waals surface area (Å²) >= 11 is 3.52. The maximum absolute atomic E-state index is 6.12. The Morgan fingerprint density at radius 1 is 1.44 bits per heavy atom. The largest absolute Gasteiger partial charge is 0.325 e. The standard InChI is InChI=1S/C12H14BrN3/c13-10-8-15-11-3-1-2-9(16(10)11)4-5-12(14)6-7-12/h1-3,8H,4-7,14H2. The lowest BCUT2D eigenvalue weighted by Gasteiger charge is -2.10. The van der Waals surface area contributed by atoms with E-state index in [0.29, 0.717) is 0 Å². The molecular formula is C12H14BrN3. The van der Waals surface area contributed by atoms with Crippen molar-refractivity contribution in [3.63, 3.8) is 0 Å². The van der Waals surface area contributed by atoms with Crippen molar-refractivity contribution in [2.75, 3.05) is 0 Å². The van der Waals surface area contributed by atoms with Crippen LogP contribution >= 0.6 is 15.9 Å². The van der Waals surface area contributed by atoms with Crippen molar-refractivity contribution in [2.45, 2.75) is 31.2 Å². The van der Waals surface area contributed by atoms with Gasteiger partial charge >= 0.3 is 0 Å². The van der Waals surface area contributed by atoms with E-state index in [4.69, 9.17) is 5.73 Å². The quantitative estimate of drug-likeness (QED) is 0.938. The minimum absolute atomic E-state index is 0.120. The van der Waals surface area contributed by atoms with Gasteiger partial charge in [0.25, 0.3) is 0 Å². The Morgan fingerprint density at radius 2 is 2.25 bits per heavy atom. The first-order valence-electron chi connectivity index (χ1n) is 5.58. The summed E-state index contributed by atoms with van der Waals surface area (Å²) in [6.07, 6.45) is 6.27. The van der Waals surface area contributed by atoms with E-state index in [9.17, 15) is 0 Å². The Hall–Kier alpha value is -0.870. The van der Waals surface area contributed by atoms with Gasteiger partial charge in [-0.1, -0.05) is 6.07 Å². The molecule has 0 radical (unpaired) electrons. The first kappa shape index (κ1) is 10.3. The fraction of sp³-hybridized carbons (Fsp3) is 0.417. The average Bonchev–Trinajstić information content (AvgIpc) is 2.90. The zero-order chi connectivity index (χ0) is 11.2. The summed E-state index contributed by atoms with van der Waals surface area (Å²) in [5.74, 6) is 0. The second-order valence-electron chi connectivity index (χ2n) is 4.65.